The van der Waals surface area contributed by atoms with Crippen molar-refractivity contribution in [3.05, 3.63) is 4.91 Å². The minimum absolute atomic E-state index is 0.0885. The maximum atomic E-state index is 13.2. The highest BCUT2D eigenvalue weighted by molar-refractivity contribution is 6.18. The summed E-state index contributed by atoms with van der Waals surface area (Å²) >= 11 is 5.75. The molecule has 0 aromatic rings. The summed E-state index contributed by atoms with van der Waals surface area (Å²) in [6.45, 7) is 7.79. The summed E-state index contributed by atoms with van der Waals surface area (Å²) in [5.74, 6) is 0.159. The van der Waals surface area contributed by atoms with Gasteiger partial charge < -0.3 is 4.90 Å². The van der Waals surface area contributed by atoms with Gasteiger partial charge in [-0.1, -0.05) is 19.3 Å². The Hall–Kier alpha value is -0.920. The molecule has 0 N–H and O–H groups in total. The molecule has 0 atom stereocenters. The number of urea groups is 1. The highest BCUT2D eigenvalue weighted by Crippen LogP contribution is 2.41. The van der Waals surface area contributed by atoms with Gasteiger partial charge in [0.25, 0.3) is 0 Å². The summed E-state index contributed by atoms with van der Waals surface area (Å²) in [4.78, 5) is 26.2. The first kappa shape index (κ1) is 21.4. The summed E-state index contributed by atoms with van der Waals surface area (Å²) < 4.78 is 0. The van der Waals surface area contributed by atoms with E-state index in [0.29, 0.717) is 12.8 Å². The number of alkyl halides is 1. The highest BCUT2D eigenvalue weighted by Gasteiger charge is 2.50. The van der Waals surface area contributed by atoms with Gasteiger partial charge in [-0.25, -0.2) is 4.79 Å². The van der Waals surface area contributed by atoms with Crippen LogP contribution in [-0.4, -0.2) is 56.6 Å². The van der Waals surface area contributed by atoms with E-state index in [1.807, 2.05) is 32.6 Å². The van der Waals surface area contributed by atoms with Crippen LogP contribution in [0, 0.1) is 4.91 Å². The fourth-order valence-electron chi connectivity index (χ4n) is 4.76. The number of piperidine rings is 1. The molecule has 26 heavy (non-hydrogen) atoms. The summed E-state index contributed by atoms with van der Waals surface area (Å²) in [6, 6.07) is -0.380. The third-order valence-electron chi connectivity index (χ3n) is 5.77. The molecule has 1 radical (unpaired) electrons. The lowest BCUT2D eigenvalue weighted by atomic mass is 9.77. The van der Waals surface area contributed by atoms with E-state index < -0.39 is 11.1 Å². The van der Waals surface area contributed by atoms with Crippen LogP contribution in [0.5, 0.6) is 0 Å². The van der Waals surface area contributed by atoms with Crippen molar-refractivity contribution in [2.24, 2.45) is 5.29 Å². The lowest BCUT2D eigenvalue weighted by Gasteiger charge is -2.54. The van der Waals surface area contributed by atoms with Gasteiger partial charge in [-0.3, -0.25) is 0 Å². The monoisotopic (exact) mass is 387 g/mol. The maximum Gasteiger partial charge on any atom is 0.343 e. The third-order valence-corrected chi connectivity index (χ3v) is 5.94. The molecule has 0 spiro atoms. The van der Waals surface area contributed by atoms with Gasteiger partial charge in [-0.2, -0.15) is 5.01 Å². The Morgan fingerprint density at radius 2 is 1.62 bits per heavy atom. The average molecular weight is 388 g/mol. The van der Waals surface area contributed by atoms with Crippen LogP contribution in [0.2, 0.25) is 0 Å². The molecule has 2 aliphatic rings. The van der Waals surface area contributed by atoms with E-state index in [-0.39, 0.29) is 30.5 Å². The molecule has 1 saturated heterocycles. The number of hydroxylamine groups is 2. The van der Waals surface area contributed by atoms with Crippen LogP contribution in [-0.2, 0) is 5.21 Å². The second-order valence-electron chi connectivity index (χ2n) is 8.86. The quantitative estimate of drug-likeness (QED) is 0.400. The Labute approximate surface area is 161 Å². The largest absolute Gasteiger partial charge is 0.343 e. The van der Waals surface area contributed by atoms with Crippen molar-refractivity contribution in [3.8, 4) is 0 Å². The average Bonchev–Trinajstić information content (AvgIpc) is 2.58. The molecule has 1 heterocycles. The fourth-order valence-corrected chi connectivity index (χ4v) is 4.92. The van der Waals surface area contributed by atoms with Crippen molar-refractivity contribution in [2.75, 3.05) is 12.4 Å². The number of nitroso groups, excluding NO2 is 1. The molecule has 8 heteroatoms. The number of nitrogens with zero attached hydrogens (tertiary/aromatic N) is 4. The molecule has 7 nitrogen and oxygen atoms in total. The van der Waals surface area contributed by atoms with Crippen molar-refractivity contribution in [1.29, 1.82) is 0 Å². The number of rotatable bonds is 5. The van der Waals surface area contributed by atoms with Crippen LogP contribution in [0.15, 0.2) is 5.29 Å². The second kappa shape index (κ2) is 8.40. The van der Waals surface area contributed by atoms with Gasteiger partial charge in [-0.15, -0.1) is 26.8 Å². The van der Waals surface area contributed by atoms with E-state index in [2.05, 4.69) is 5.29 Å². The predicted octanol–water partition coefficient (Wildman–Crippen LogP) is 4.33. The number of carbonyl (C=O) groups is 1. The highest BCUT2D eigenvalue weighted by atomic mass is 35.5. The number of hydrogen-bond acceptors (Lipinski definition) is 4. The molecular formula is C18H32ClN4O3. The number of carbonyl (C=O) groups excluding carboxylic acids is 1. The summed E-state index contributed by atoms with van der Waals surface area (Å²) in [5.41, 5.74) is -1.16. The fraction of sp³-hybridized carbons (Fsp3) is 0.944. The van der Waals surface area contributed by atoms with Crippen molar-refractivity contribution in [2.45, 2.75) is 95.8 Å². The molecule has 149 valence electrons. The van der Waals surface area contributed by atoms with Gasteiger partial charge in [0.2, 0.25) is 0 Å². The first-order valence-electron chi connectivity index (χ1n) is 9.60. The third kappa shape index (κ3) is 4.49. The Balaban J connectivity index is 2.33. The predicted molar refractivity (Wildman–Crippen MR) is 101 cm³/mol. The van der Waals surface area contributed by atoms with E-state index in [9.17, 15) is 14.9 Å². The minimum Gasteiger partial charge on any atom is -0.317 e. The lowest BCUT2D eigenvalue weighted by Crippen LogP contribution is -2.65. The van der Waals surface area contributed by atoms with E-state index in [1.165, 1.54) is 6.42 Å². The zero-order valence-electron chi connectivity index (χ0n) is 16.4. The van der Waals surface area contributed by atoms with Crippen molar-refractivity contribution >= 4 is 17.6 Å². The van der Waals surface area contributed by atoms with Gasteiger partial charge in [-0.05, 0) is 53.4 Å². The zero-order chi connectivity index (χ0) is 19.5. The molecule has 2 amide bonds. The number of hydrogen-bond donors (Lipinski definition) is 0. The smallest absolute Gasteiger partial charge is 0.317 e. The second-order valence-corrected chi connectivity index (χ2v) is 9.23. The molecule has 0 bridgehead atoms. The van der Waals surface area contributed by atoms with Crippen LogP contribution in [0.1, 0.15) is 72.6 Å². The van der Waals surface area contributed by atoms with Gasteiger partial charge in [0, 0.05) is 29.0 Å². The van der Waals surface area contributed by atoms with E-state index in [4.69, 9.17) is 11.6 Å². The summed E-state index contributed by atoms with van der Waals surface area (Å²) in [7, 11) is 0. The van der Waals surface area contributed by atoms with Crippen LogP contribution < -0.4 is 0 Å². The van der Waals surface area contributed by atoms with Crippen LogP contribution in [0.4, 0.5) is 4.79 Å². The summed E-state index contributed by atoms with van der Waals surface area (Å²) in [5, 5.41) is 17.7. The molecule has 0 aromatic heterocycles. The molecular weight excluding hydrogens is 356 g/mol. The van der Waals surface area contributed by atoms with Gasteiger partial charge in [0.15, 0.2) is 0 Å². The minimum atomic E-state index is -0.578. The maximum absolute atomic E-state index is 13.2. The van der Waals surface area contributed by atoms with Gasteiger partial charge in [0.05, 0.1) is 11.8 Å². The molecule has 1 saturated carbocycles. The molecule has 0 unspecified atom stereocenters. The zero-order valence-corrected chi connectivity index (χ0v) is 17.2. The van der Waals surface area contributed by atoms with Gasteiger partial charge >= 0.3 is 6.03 Å². The van der Waals surface area contributed by atoms with Crippen LogP contribution >= 0.6 is 11.6 Å². The molecule has 0 aromatic carbocycles. The summed E-state index contributed by atoms with van der Waals surface area (Å²) in [6.07, 6.45) is 6.34. The van der Waals surface area contributed by atoms with E-state index >= 15 is 0 Å². The molecule has 2 rings (SSSR count). The van der Waals surface area contributed by atoms with Gasteiger partial charge in [0.1, 0.15) is 0 Å². The van der Waals surface area contributed by atoms with Crippen LogP contribution in [0.25, 0.3) is 0 Å². The Kier molecular flexibility index (Phi) is 6.91. The molecule has 1 aliphatic carbocycles. The lowest BCUT2D eigenvalue weighted by molar-refractivity contribution is -0.294. The van der Waals surface area contributed by atoms with E-state index in [1.54, 1.807) is 0 Å². The molecule has 1 aliphatic heterocycles. The first-order chi connectivity index (χ1) is 12.1. The van der Waals surface area contributed by atoms with Crippen molar-refractivity contribution in [1.82, 2.24) is 15.0 Å². The van der Waals surface area contributed by atoms with Crippen molar-refractivity contribution in [3.63, 3.8) is 0 Å². The SMILES string of the molecule is CC1(C)CC(N(C(=O)N(CCCl)N=O)C2CCCCC2)CC(C)(C)N1[O]. The van der Waals surface area contributed by atoms with E-state index in [0.717, 1.165) is 35.8 Å². The molecule has 2 fully saturated rings. The number of amides is 2. The Morgan fingerprint density at radius 3 is 2.08 bits per heavy atom. The first-order valence-corrected chi connectivity index (χ1v) is 10.1. The normalized spacial score (nSPS) is 24.2. The topological polar surface area (TPSA) is 76.1 Å². The standard InChI is InChI=1S/C18H32ClN4O3/c1-17(2)12-15(13-18(3,4)23(17)26)22(14-8-6-5-7-9-14)16(24)21(20-25)11-10-19/h14-15H,5-13H2,1-4H3. The van der Waals surface area contributed by atoms with Crippen LogP contribution in [0.3, 0.4) is 0 Å². The Bertz CT molecular complexity index is 491. The number of halogens is 1. The Morgan fingerprint density at radius 1 is 1.08 bits per heavy atom. The van der Waals surface area contributed by atoms with Crippen molar-refractivity contribution < 1.29 is 10.0 Å².